The van der Waals surface area contributed by atoms with Crippen LogP contribution >= 0.6 is 0 Å². The number of aryl methyl sites for hydroxylation is 1. The Balaban J connectivity index is 1.96. The molecule has 3 rings (SSSR count). The number of hydrogen-bond donors (Lipinski definition) is 1. The molecule has 0 aliphatic carbocycles. The van der Waals surface area contributed by atoms with E-state index in [1.54, 1.807) is 19.2 Å². The van der Waals surface area contributed by atoms with Crippen LogP contribution in [0.4, 0.5) is 11.5 Å². The standard InChI is InChI=1S/C15H22N4O2/c1-11-7-9-17-15(14(11)19(20)21)18-10-3-2-6-13(18)12-5-4-8-16-12/h7,9,12-13,16H,2-6,8,10H2,1H3. The first kappa shape index (κ1) is 14.3. The lowest BCUT2D eigenvalue weighted by Crippen LogP contribution is -2.50. The first-order chi connectivity index (χ1) is 10.2. The third kappa shape index (κ3) is 2.72. The SMILES string of the molecule is Cc1ccnc(N2CCCCC2C2CCCN2)c1[N+](=O)[O-]. The molecule has 1 aromatic rings. The summed E-state index contributed by atoms with van der Waals surface area (Å²) in [6.07, 6.45) is 7.39. The van der Waals surface area contributed by atoms with Gasteiger partial charge in [-0.15, -0.1) is 0 Å². The van der Waals surface area contributed by atoms with Crippen molar-refractivity contribution in [3.8, 4) is 0 Å². The van der Waals surface area contributed by atoms with Gasteiger partial charge < -0.3 is 10.2 Å². The van der Waals surface area contributed by atoms with Gasteiger partial charge in [0.2, 0.25) is 5.82 Å². The van der Waals surface area contributed by atoms with Gasteiger partial charge in [-0.2, -0.15) is 0 Å². The van der Waals surface area contributed by atoms with Gasteiger partial charge in [0, 0.05) is 30.4 Å². The predicted molar refractivity (Wildman–Crippen MR) is 81.6 cm³/mol. The van der Waals surface area contributed by atoms with Crippen molar-refractivity contribution < 1.29 is 4.92 Å². The fourth-order valence-electron chi connectivity index (χ4n) is 3.65. The van der Waals surface area contributed by atoms with Gasteiger partial charge in [0.15, 0.2) is 0 Å². The maximum Gasteiger partial charge on any atom is 0.314 e. The molecule has 6 nitrogen and oxygen atoms in total. The van der Waals surface area contributed by atoms with Crippen molar-refractivity contribution in [2.24, 2.45) is 0 Å². The highest BCUT2D eigenvalue weighted by Gasteiger charge is 2.35. The maximum atomic E-state index is 11.4. The van der Waals surface area contributed by atoms with Crippen molar-refractivity contribution >= 4 is 11.5 Å². The summed E-state index contributed by atoms with van der Waals surface area (Å²) in [4.78, 5) is 17.7. The van der Waals surface area contributed by atoms with E-state index in [1.807, 2.05) is 0 Å². The molecule has 21 heavy (non-hydrogen) atoms. The summed E-state index contributed by atoms with van der Waals surface area (Å²) in [5.74, 6) is 0.554. The van der Waals surface area contributed by atoms with Gasteiger partial charge in [-0.1, -0.05) is 0 Å². The Morgan fingerprint density at radius 1 is 1.38 bits per heavy atom. The minimum Gasteiger partial charge on any atom is -0.346 e. The van der Waals surface area contributed by atoms with Crippen LogP contribution in [0.3, 0.4) is 0 Å². The number of anilines is 1. The highest BCUT2D eigenvalue weighted by molar-refractivity contribution is 5.62. The van der Waals surface area contributed by atoms with E-state index in [2.05, 4.69) is 15.2 Å². The molecule has 2 unspecified atom stereocenters. The number of rotatable bonds is 3. The Hall–Kier alpha value is -1.69. The molecule has 1 N–H and O–H groups in total. The van der Waals surface area contributed by atoms with Crippen LogP contribution in [0.5, 0.6) is 0 Å². The van der Waals surface area contributed by atoms with Gasteiger partial charge >= 0.3 is 5.69 Å². The van der Waals surface area contributed by atoms with Gasteiger partial charge in [0.25, 0.3) is 0 Å². The molecule has 0 radical (unpaired) electrons. The second-order valence-corrected chi connectivity index (χ2v) is 6.02. The molecule has 0 bridgehead atoms. The minimum absolute atomic E-state index is 0.169. The maximum absolute atomic E-state index is 11.4. The molecule has 2 fully saturated rings. The Morgan fingerprint density at radius 3 is 2.95 bits per heavy atom. The monoisotopic (exact) mass is 290 g/mol. The summed E-state index contributed by atoms with van der Waals surface area (Å²) >= 11 is 0. The third-order valence-electron chi connectivity index (χ3n) is 4.67. The summed E-state index contributed by atoms with van der Waals surface area (Å²) in [6.45, 7) is 3.70. The molecule has 0 amide bonds. The largest absolute Gasteiger partial charge is 0.346 e. The molecule has 2 saturated heterocycles. The summed E-state index contributed by atoms with van der Waals surface area (Å²) in [6, 6.07) is 2.48. The van der Waals surface area contributed by atoms with Gasteiger partial charge in [0.1, 0.15) is 0 Å². The third-order valence-corrected chi connectivity index (χ3v) is 4.67. The number of aromatic nitrogens is 1. The normalized spacial score (nSPS) is 26.0. The molecular formula is C15H22N4O2. The van der Waals surface area contributed by atoms with E-state index in [9.17, 15) is 10.1 Å². The van der Waals surface area contributed by atoms with Gasteiger partial charge in [-0.3, -0.25) is 10.1 Å². The van der Waals surface area contributed by atoms with E-state index in [0.29, 0.717) is 23.5 Å². The predicted octanol–water partition coefficient (Wildman–Crippen LogP) is 2.41. The zero-order chi connectivity index (χ0) is 14.8. The van der Waals surface area contributed by atoms with Crippen molar-refractivity contribution in [1.29, 1.82) is 0 Å². The van der Waals surface area contributed by atoms with Gasteiger partial charge in [0.05, 0.1) is 4.92 Å². The summed E-state index contributed by atoms with van der Waals surface area (Å²) in [5.41, 5.74) is 0.858. The molecule has 0 spiro atoms. The number of piperidine rings is 1. The van der Waals surface area contributed by atoms with E-state index >= 15 is 0 Å². The topological polar surface area (TPSA) is 71.3 Å². The lowest BCUT2D eigenvalue weighted by molar-refractivity contribution is -0.385. The number of nitro groups is 1. The second kappa shape index (κ2) is 5.97. The summed E-state index contributed by atoms with van der Waals surface area (Å²) in [7, 11) is 0. The van der Waals surface area contributed by atoms with Gasteiger partial charge in [-0.25, -0.2) is 4.98 Å². The Morgan fingerprint density at radius 2 is 2.24 bits per heavy atom. The van der Waals surface area contributed by atoms with E-state index in [1.165, 1.54) is 12.8 Å². The molecule has 0 saturated carbocycles. The number of hydrogen-bond acceptors (Lipinski definition) is 5. The Bertz CT molecular complexity index is 528. The fourth-order valence-corrected chi connectivity index (χ4v) is 3.65. The van der Waals surface area contributed by atoms with E-state index in [4.69, 9.17) is 0 Å². The highest BCUT2D eigenvalue weighted by Crippen LogP contribution is 2.35. The van der Waals surface area contributed by atoms with E-state index in [-0.39, 0.29) is 10.6 Å². The van der Waals surface area contributed by atoms with Gasteiger partial charge in [-0.05, 0) is 51.6 Å². The van der Waals surface area contributed by atoms with Crippen LogP contribution in [-0.4, -0.2) is 35.1 Å². The zero-order valence-electron chi connectivity index (χ0n) is 12.4. The van der Waals surface area contributed by atoms with Crippen LogP contribution in [0.1, 0.15) is 37.7 Å². The van der Waals surface area contributed by atoms with Crippen LogP contribution in [0, 0.1) is 17.0 Å². The molecule has 0 aromatic carbocycles. The number of nitrogens with one attached hydrogen (secondary N) is 1. The van der Waals surface area contributed by atoms with Crippen molar-refractivity contribution in [1.82, 2.24) is 10.3 Å². The first-order valence-corrected chi connectivity index (χ1v) is 7.78. The fraction of sp³-hybridized carbons (Fsp3) is 0.667. The molecular weight excluding hydrogens is 268 g/mol. The van der Waals surface area contributed by atoms with Crippen LogP contribution in [0.2, 0.25) is 0 Å². The van der Waals surface area contributed by atoms with Crippen molar-refractivity contribution in [2.75, 3.05) is 18.0 Å². The summed E-state index contributed by atoms with van der Waals surface area (Å²) < 4.78 is 0. The summed E-state index contributed by atoms with van der Waals surface area (Å²) in [5, 5.41) is 15.0. The number of nitrogens with zero attached hydrogens (tertiary/aromatic N) is 3. The van der Waals surface area contributed by atoms with E-state index in [0.717, 1.165) is 32.4 Å². The number of pyridine rings is 1. The molecule has 2 aliphatic rings. The second-order valence-electron chi connectivity index (χ2n) is 6.02. The molecule has 3 heterocycles. The Kier molecular flexibility index (Phi) is 4.05. The lowest BCUT2D eigenvalue weighted by atomic mass is 9.94. The smallest absolute Gasteiger partial charge is 0.314 e. The molecule has 2 aliphatic heterocycles. The molecule has 2 atom stereocenters. The van der Waals surface area contributed by atoms with Crippen LogP contribution in [0.15, 0.2) is 12.3 Å². The molecule has 1 aromatic heterocycles. The van der Waals surface area contributed by atoms with Crippen molar-refractivity contribution in [3.05, 3.63) is 27.9 Å². The zero-order valence-corrected chi connectivity index (χ0v) is 12.4. The average Bonchev–Trinajstić information content (AvgIpc) is 3.00. The molecule has 6 heteroatoms. The highest BCUT2D eigenvalue weighted by atomic mass is 16.6. The van der Waals surface area contributed by atoms with Crippen molar-refractivity contribution in [2.45, 2.75) is 51.1 Å². The lowest BCUT2D eigenvalue weighted by Gasteiger charge is -2.39. The molecule has 114 valence electrons. The average molecular weight is 290 g/mol. The van der Waals surface area contributed by atoms with E-state index < -0.39 is 0 Å². The first-order valence-electron chi connectivity index (χ1n) is 7.78. The van der Waals surface area contributed by atoms with Crippen molar-refractivity contribution in [3.63, 3.8) is 0 Å². The van der Waals surface area contributed by atoms with Crippen LogP contribution in [-0.2, 0) is 0 Å². The van der Waals surface area contributed by atoms with Crippen LogP contribution < -0.4 is 10.2 Å². The van der Waals surface area contributed by atoms with Crippen LogP contribution in [0.25, 0.3) is 0 Å². The quantitative estimate of drug-likeness (QED) is 0.683. The Labute approximate surface area is 124 Å². The minimum atomic E-state index is -0.286.